The summed E-state index contributed by atoms with van der Waals surface area (Å²) in [5.74, 6) is -0.592. The van der Waals surface area contributed by atoms with Crippen molar-refractivity contribution in [3.8, 4) is 0 Å². The van der Waals surface area contributed by atoms with Crippen LogP contribution in [0.4, 0.5) is 5.69 Å². The SMILES string of the molecule is C[C@@H]1CCCCN1S(=O)(=O)c1cccc(C(=O)Nc2cccc(C(=O)NC3CC3)c2)c1. The lowest BCUT2D eigenvalue weighted by molar-refractivity contribution is 0.0949. The first-order valence-corrected chi connectivity index (χ1v) is 12.1. The third-order valence-electron chi connectivity index (χ3n) is 5.74. The van der Waals surface area contributed by atoms with E-state index < -0.39 is 15.9 Å². The molecule has 0 bridgehead atoms. The second-order valence-electron chi connectivity index (χ2n) is 8.27. The van der Waals surface area contributed by atoms with Crippen LogP contribution in [0.15, 0.2) is 53.4 Å². The molecule has 8 heteroatoms. The molecule has 1 atom stereocenters. The van der Waals surface area contributed by atoms with E-state index in [1.54, 1.807) is 36.4 Å². The van der Waals surface area contributed by atoms with Crippen molar-refractivity contribution in [2.45, 2.75) is 56.0 Å². The topological polar surface area (TPSA) is 95.6 Å². The van der Waals surface area contributed by atoms with Crippen molar-refractivity contribution in [2.75, 3.05) is 11.9 Å². The third kappa shape index (κ3) is 4.97. The molecule has 7 nitrogen and oxygen atoms in total. The van der Waals surface area contributed by atoms with E-state index in [2.05, 4.69) is 10.6 Å². The van der Waals surface area contributed by atoms with Crippen LogP contribution in [0.1, 0.15) is 59.7 Å². The van der Waals surface area contributed by atoms with Crippen LogP contribution >= 0.6 is 0 Å². The van der Waals surface area contributed by atoms with E-state index in [4.69, 9.17) is 0 Å². The van der Waals surface area contributed by atoms with Crippen molar-refractivity contribution >= 4 is 27.5 Å². The fourth-order valence-electron chi connectivity index (χ4n) is 3.80. The highest BCUT2D eigenvalue weighted by atomic mass is 32.2. The average molecular weight is 442 g/mol. The molecule has 1 saturated carbocycles. The lowest BCUT2D eigenvalue weighted by atomic mass is 10.1. The Balaban J connectivity index is 1.50. The predicted molar refractivity (Wildman–Crippen MR) is 119 cm³/mol. The number of sulfonamides is 1. The number of nitrogens with one attached hydrogen (secondary N) is 2. The van der Waals surface area contributed by atoms with Crippen LogP contribution in [0, 0.1) is 0 Å². The van der Waals surface area contributed by atoms with Gasteiger partial charge in [0.1, 0.15) is 0 Å². The Morgan fingerprint density at radius 2 is 1.65 bits per heavy atom. The van der Waals surface area contributed by atoms with Crippen molar-refractivity contribution in [1.82, 2.24) is 9.62 Å². The Kier molecular flexibility index (Phi) is 6.11. The number of hydrogen-bond acceptors (Lipinski definition) is 4. The molecule has 2 aromatic carbocycles. The number of carbonyl (C=O) groups is 2. The second-order valence-corrected chi connectivity index (χ2v) is 10.2. The molecule has 164 valence electrons. The summed E-state index contributed by atoms with van der Waals surface area (Å²) >= 11 is 0. The molecule has 0 aromatic heterocycles. The molecule has 31 heavy (non-hydrogen) atoms. The van der Waals surface area contributed by atoms with Gasteiger partial charge in [-0.1, -0.05) is 18.6 Å². The Labute approximate surface area is 182 Å². The lowest BCUT2D eigenvalue weighted by Crippen LogP contribution is -2.41. The maximum absolute atomic E-state index is 13.1. The molecule has 2 fully saturated rings. The Morgan fingerprint density at radius 3 is 2.35 bits per heavy atom. The molecule has 0 radical (unpaired) electrons. The van der Waals surface area contributed by atoms with E-state index in [0.717, 1.165) is 32.1 Å². The molecule has 1 heterocycles. The van der Waals surface area contributed by atoms with Crippen molar-refractivity contribution in [2.24, 2.45) is 0 Å². The maximum Gasteiger partial charge on any atom is 0.255 e. The van der Waals surface area contributed by atoms with Gasteiger partial charge in [-0.3, -0.25) is 9.59 Å². The molecule has 4 rings (SSSR count). The number of benzene rings is 2. The monoisotopic (exact) mass is 441 g/mol. The number of amides is 2. The van der Waals surface area contributed by atoms with E-state index in [-0.39, 0.29) is 28.4 Å². The minimum Gasteiger partial charge on any atom is -0.349 e. The summed E-state index contributed by atoms with van der Waals surface area (Å²) in [6.45, 7) is 2.41. The van der Waals surface area contributed by atoms with Gasteiger partial charge in [0, 0.05) is 35.4 Å². The number of hydrogen-bond donors (Lipinski definition) is 2. The van der Waals surface area contributed by atoms with E-state index >= 15 is 0 Å². The zero-order chi connectivity index (χ0) is 22.0. The van der Waals surface area contributed by atoms with Crippen LogP contribution in [-0.2, 0) is 10.0 Å². The molecule has 2 amide bonds. The number of anilines is 1. The molecular formula is C23H27N3O4S. The van der Waals surface area contributed by atoms with Gasteiger partial charge in [0.25, 0.3) is 11.8 Å². The Hall–Kier alpha value is -2.71. The van der Waals surface area contributed by atoms with E-state index in [1.807, 2.05) is 6.92 Å². The minimum absolute atomic E-state index is 0.0549. The zero-order valence-corrected chi connectivity index (χ0v) is 18.3. The van der Waals surface area contributed by atoms with Crippen LogP contribution in [0.25, 0.3) is 0 Å². The highest BCUT2D eigenvalue weighted by Crippen LogP contribution is 2.26. The maximum atomic E-state index is 13.1. The van der Waals surface area contributed by atoms with Crippen molar-refractivity contribution in [1.29, 1.82) is 0 Å². The van der Waals surface area contributed by atoms with Crippen LogP contribution in [0.5, 0.6) is 0 Å². The summed E-state index contributed by atoms with van der Waals surface area (Å²) in [5, 5.41) is 5.68. The largest absolute Gasteiger partial charge is 0.349 e. The molecular weight excluding hydrogens is 414 g/mol. The number of carbonyl (C=O) groups excluding carboxylic acids is 2. The van der Waals surface area contributed by atoms with Gasteiger partial charge >= 0.3 is 0 Å². The first-order chi connectivity index (χ1) is 14.8. The Bertz CT molecular complexity index is 1100. The number of nitrogens with zero attached hydrogens (tertiary/aromatic N) is 1. The summed E-state index contributed by atoms with van der Waals surface area (Å²) in [4.78, 5) is 25.1. The fourth-order valence-corrected chi connectivity index (χ4v) is 5.55. The quantitative estimate of drug-likeness (QED) is 0.718. The van der Waals surface area contributed by atoms with Crippen LogP contribution in [-0.4, -0.2) is 43.2 Å². The number of rotatable bonds is 6. The highest BCUT2D eigenvalue weighted by Gasteiger charge is 2.31. The van der Waals surface area contributed by atoms with Crippen LogP contribution in [0.3, 0.4) is 0 Å². The van der Waals surface area contributed by atoms with E-state index in [0.29, 0.717) is 17.8 Å². The predicted octanol–water partition coefficient (Wildman–Crippen LogP) is 3.39. The zero-order valence-electron chi connectivity index (χ0n) is 17.5. The summed E-state index contributed by atoms with van der Waals surface area (Å²) in [5.41, 5.74) is 1.20. The van der Waals surface area contributed by atoms with E-state index in [1.165, 1.54) is 16.4 Å². The molecule has 2 aliphatic rings. The van der Waals surface area contributed by atoms with Gasteiger partial charge in [0.15, 0.2) is 0 Å². The normalized spacial score (nSPS) is 19.6. The van der Waals surface area contributed by atoms with Crippen molar-refractivity contribution in [3.05, 3.63) is 59.7 Å². The van der Waals surface area contributed by atoms with Gasteiger partial charge in [-0.25, -0.2) is 8.42 Å². The van der Waals surface area contributed by atoms with Gasteiger partial charge in [-0.2, -0.15) is 4.31 Å². The van der Waals surface area contributed by atoms with Gasteiger partial charge < -0.3 is 10.6 Å². The molecule has 2 aromatic rings. The molecule has 0 unspecified atom stereocenters. The molecule has 1 saturated heterocycles. The minimum atomic E-state index is -3.66. The fraction of sp³-hybridized carbons (Fsp3) is 0.391. The van der Waals surface area contributed by atoms with Crippen LogP contribution in [0.2, 0.25) is 0 Å². The first kappa shape index (κ1) is 21.5. The van der Waals surface area contributed by atoms with Gasteiger partial charge in [0.2, 0.25) is 10.0 Å². The molecule has 1 aliphatic carbocycles. The summed E-state index contributed by atoms with van der Waals surface area (Å²) in [7, 11) is -3.66. The Morgan fingerprint density at radius 1 is 0.935 bits per heavy atom. The standard InChI is InChI=1S/C23H27N3O4S/c1-16-6-2-3-13-26(16)31(29,30)21-10-5-8-18(15-21)23(28)25-20-9-4-7-17(14-20)22(27)24-19-11-12-19/h4-5,7-10,14-16,19H,2-3,6,11-13H2,1H3,(H,24,27)(H,25,28)/t16-/m1/s1. The average Bonchev–Trinajstić information content (AvgIpc) is 3.58. The van der Waals surface area contributed by atoms with Gasteiger partial charge in [-0.05, 0) is 69.0 Å². The van der Waals surface area contributed by atoms with Crippen molar-refractivity contribution in [3.63, 3.8) is 0 Å². The molecule has 0 spiro atoms. The summed E-state index contributed by atoms with van der Waals surface area (Å²) in [6, 6.07) is 13.0. The van der Waals surface area contributed by atoms with Gasteiger partial charge in [-0.15, -0.1) is 0 Å². The van der Waals surface area contributed by atoms with Gasteiger partial charge in [0.05, 0.1) is 4.90 Å². The second kappa shape index (κ2) is 8.80. The highest BCUT2D eigenvalue weighted by molar-refractivity contribution is 7.89. The molecule has 1 aliphatic heterocycles. The third-order valence-corrected chi connectivity index (χ3v) is 7.75. The van der Waals surface area contributed by atoms with Crippen LogP contribution < -0.4 is 10.6 Å². The van der Waals surface area contributed by atoms with E-state index in [9.17, 15) is 18.0 Å². The number of piperidine rings is 1. The lowest BCUT2D eigenvalue weighted by Gasteiger charge is -2.32. The summed E-state index contributed by atoms with van der Waals surface area (Å²) in [6.07, 6.45) is 4.70. The van der Waals surface area contributed by atoms with Crippen molar-refractivity contribution < 1.29 is 18.0 Å². The smallest absolute Gasteiger partial charge is 0.255 e. The first-order valence-electron chi connectivity index (χ1n) is 10.7. The summed E-state index contributed by atoms with van der Waals surface area (Å²) < 4.78 is 27.7. The molecule has 2 N–H and O–H groups in total.